The molecule has 0 aliphatic heterocycles. The molecule has 0 unspecified atom stereocenters. The van der Waals surface area contributed by atoms with E-state index in [4.69, 9.17) is 9.15 Å². The highest BCUT2D eigenvalue weighted by atomic mass is 16.6. The second-order valence-corrected chi connectivity index (χ2v) is 6.52. The zero-order valence-corrected chi connectivity index (χ0v) is 15.5. The lowest BCUT2D eigenvalue weighted by molar-refractivity contribution is -0.123. The monoisotopic (exact) mass is 365 g/mol. The molecule has 0 atom stereocenters. The van der Waals surface area contributed by atoms with Gasteiger partial charge in [-0.05, 0) is 35.6 Å². The molecule has 1 N–H and O–H groups in total. The molecule has 6 heteroatoms. The average Bonchev–Trinajstić information content (AvgIpc) is 3.16. The molecule has 0 aliphatic carbocycles. The Hall–Kier alpha value is -3.15. The third-order valence-corrected chi connectivity index (χ3v) is 4.14. The standard InChI is InChI=1S/C21H23N3O3/c1-15(2)17-10-8-16(9-11-17)12-13-22-19(25)14-26-21-24-23-20(27-21)18-6-4-3-5-7-18/h3-11,15H,12-14H2,1-2H3,(H,22,25). The SMILES string of the molecule is CC(C)c1ccc(CCNC(=O)COc2nnc(-c3ccccc3)o2)cc1. The maximum absolute atomic E-state index is 11.9. The van der Waals surface area contributed by atoms with E-state index in [1.54, 1.807) is 0 Å². The second-order valence-electron chi connectivity index (χ2n) is 6.52. The van der Waals surface area contributed by atoms with Crippen LogP contribution in [0.15, 0.2) is 59.0 Å². The van der Waals surface area contributed by atoms with Crippen molar-refractivity contribution < 1.29 is 13.9 Å². The molecule has 0 bridgehead atoms. The number of hydrogen-bond acceptors (Lipinski definition) is 5. The first kappa shape index (κ1) is 18.6. The maximum Gasteiger partial charge on any atom is 0.415 e. The fraction of sp³-hybridized carbons (Fsp3) is 0.286. The highest BCUT2D eigenvalue weighted by Gasteiger charge is 2.11. The normalized spacial score (nSPS) is 10.8. The molecule has 0 saturated heterocycles. The van der Waals surface area contributed by atoms with Crippen LogP contribution in [0.5, 0.6) is 6.08 Å². The molecule has 1 amide bonds. The van der Waals surface area contributed by atoms with Gasteiger partial charge in [-0.3, -0.25) is 4.79 Å². The summed E-state index contributed by atoms with van der Waals surface area (Å²) < 4.78 is 10.7. The van der Waals surface area contributed by atoms with Crippen LogP contribution in [0.1, 0.15) is 30.9 Å². The van der Waals surface area contributed by atoms with Crippen LogP contribution in [0.4, 0.5) is 0 Å². The minimum absolute atomic E-state index is 0.0201. The number of carbonyl (C=O) groups is 1. The third-order valence-electron chi connectivity index (χ3n) is 4.14. The van der Waals surface area contributed by atoms with Crippen molar-refractivity contribution in [3.8, 4) is 17.5 Å². The van der Waals surface area contributed by atoms with E-state index in [1.165, 1.54) is 11.1 Å². The first-order chi connectivity index (χ1) is 13.1. The molecule has 0 spiro atoms. The van der Waals surface area contributed by atoms with E-state index >= 15 is 0 Å². The van der Waals surface area contributed by atoms with Crippen molar-refractivity contribution in [3.05, 3.63) is 65.7 Å². The van der Waals surface area contributed by atoms with Crippen molar-refractivity contribution in [2.24, 2.45) is 0 Å². The van der Waals surface area contributed by atoms with E-state index in [-0.39, 0.29) is 18.6 Å². The molecule has 27 heavy (non-hydrogen) atoms. The number of nitrogens with one attached hydrogen (secondary N) is 1. The third kappa shape index (κ3) is 5.41. The van der Waals surface area contributed by atoms with Crippen molar-refractivity contribution in [2.75, 3.05) is 13.2 Å². The molecule has 3 aromatic rings. The number of nitrogens with zero attached hydrogens (tertiary/aromatic N) is 2. The van der Waals surface area contributed by atoms with Gasteiger partial charge in [0.1, 0.15) is 0 Å². The summed E-state index contributed by atoms with van der Waals surface area (Å²) in [5, 5.41) is 10.5. The molecule has 1 heterocycles. The quantitative estimate of drug-likeness (QED) is 0.660. The van der Waals surface area contributed by atoms with Crippen LogP contribution in [0, 0.1) is 0 Å². The number of benzene rings is 2. The summed E-state index contributed by atoms with van der Waals surface area (Å²) in [6.45, 7) is 4.72. The van der Waals surface area contributed by atoms with Gasteiger partial charge in [0.05, 0.1) is 0 Å². The predicted molar refractivity (Wildman–Crippen MR) is 102 cm³/mol. The number of rotatable bonds is 8. The first-order valence-corrected chi connectivity index (χ1v) is 8.99. The van der Waals surface area contributed by atoms with Crippen LogP contribution in [-0.2, 0) is 11.2 Å². The predicted octanol–water partition coefficient (Wildman–Crippen LogP) is 3.60. The Kier molecular flexibility index (Phi) is 6.20. The van der Waals surface area contributed by atoms with Crippen LogP contribution in [0.2, 0.25) is 0 Å². The van der Waals surface area contributed by atoms with Gasteiger partial charge in [0, 0.05) is 12.1 Å². The minimum atomic E-state index is -0.228. The van der Waals surface area contributed by atoms with Crippen LogP contribution < -0.4 is 10.1 Å². The Labute approximate surface area is 158 Å². The summed E-state index contributed by atoms with van der Waals surface area (Å²) in [6.07, 6.45) is 0.747. The Morgan fingerprint density at radius 2 is 1.81 bits per heavy atom. The van der Waals surface area contributed by atoms with Gasteiger partial charge >= 0.3 is 6.08 Å². The molecule has 2 aromatic carbocycles. The van der Waals surface area contributed by atoms with Gasteiger partial charge in [0.15, 0.2) is 6.61 Å². The highest BCUT2D eigenvalue weighted by molar-refractivity contribution is 5.77. The van der Waals surface area contributed by atoms with Gasteiger partial charge in [-0.15, -0.1) is 5.10 Å². The summed E-state index contributed by atoms with van der Waals surface area (Å²) in [4.78, 5) is 11.9. The van der Waals surface area contributed by atoms with Crippen molar-refractivity contribution in [1.29, 1.82) is 0 Å². The summed E-state index contributed by atoms with van der Waals surface area (Å²) >= 11 is 0. The van der Waals surface area contributed by atoms with Crippen LogP contribution in [0.3, 0.4) is 0 Å². The van der Waals surface area contributed by atoms with Crippen LogP contribution in [-0.4, -0.2) is 29.3 Å². The molecule has 6 nitrogen and oxygen atoms in total. The fourth-order valence-corrected chi connectivity index (χ4v) is 2.56. The van der Waals surface area contributed by atoms with Gasteiger partial charge in [0.25, 0.3) is 11.8 Å². The lowest BCUT2D eigenvalue weighted by atomic mass is 10.0. The number of carbonyl (C=O) groups excluding carboxylic acids is 1. The van der Waals surface area contributed by atoms with E-state index in [0.717, 1.165) is 12.0 Å². The summed E-state index contributed by atoms with van der Waals surface area (Å²) in [7, 11) is 0. The molecule has 3 rings (SSSR count). The molecule has 140 valence electrons. The van der Waals surface area contributed by atoms with Gasteiger partial charge in [-0.2, -0.15) is 0 Å². The Balaban J connectivity index is 1.40. The second kappa shape index (κ2) is 8.98. The smallest absolute Gasteiger partial charge is 0.415 e. The van der Waals surface area contributed by atoms with Crippen molar-refractivity contribution in [1.82, 2.24) is 15.5 Å². The van der Waals surface area contributed by atoms with Gasteiger partial charge in [-0.1, -0.05) is 61.4 Å². The van der Waals surface area contributed by atoms with E-state index in [9.17, 15) is 4.79 Å². The molecule has 0 saturated carbocycles. The topological polar surface area (TPSA) is 77.2 Å². The minimum Gasteiger partial charge on any atom is -0.439 e. The van der Waals surface area contributed by atoms with Crippen molar-refractivity contribution in [2.45, 2.75) is 26.2 Å². The number of amides is 1. The number of aromatic nitrogens is 2. The molecule has 0 radical (unpaired) electrons. The molecule has 0 aliphatic rings. The van der Waals surface area contributed by atoms with E-state index in [1.807, 2.05) is 30.3 Å². The first-order valence-electron chi connectivity index (χ1n) is 8.99. The Bertz CT molecular complexity index is 858. The highest BCUT2D eigenvalue weighted by Crippen LogP contribution is 2.20. The van der Waals surface area contributed by atoms with E-state index < -0.39 is 0 Å². The molecule has 0 fully saturated rings. The Morgan fingerprint density at radius 3 is 2.52 bits per heavy atom. The van der Waals surface area contributed by atoms with Crippen LogP contribution >= 0.6 is 0 Å². The van der Waals surface area contributed by atoms with E-state index in [0.29, 0.717) is 18.4 Å². The van der Waals surface area contributed by atoms with Gasteiger partial charge in [0.2, 0.25) is 0 Å². The summed E-state index contributed by atoms with van der Waals surface area (Å²) in [5.41, 5.74) is 3.29. The maximum atomic E-state index is 11.9. The average molecular weight is 365 g/mol. The fourth-order valence-electron chi connectivity index (χ4n) is 2.56. The number of hydrogen-bond donors (Lipinski definition) is 1. The van der Waals surface area contributed by atoms with Crippen molar-refractivity contribution >= 4 is 5.91 Å². The lowest BCUT2D eigenvalue weighted by Gasteiger charge is -2.08. The van der Waals surface area contributed by atoms with Gasteiger partial charge < -0.3 is 14.5 Å². The van der Waals surface area contributed by atoms with Gasteiger partial charge in [-0.25, -0.2) is 0 Å². The van der Waals surface area contributed by atoms with Crippen molar-refractivity contribution in [3.63, 3.8) is 0 Å². The van der Waals surface area contributed by atoms with E-state index in [2.05, 4.69) is 53.6 Å². The molecular weight excluding hydrogens is 342 g/mol. The lowest BCUT2D eigenvalue weighted by Crippen LogP contribution is -2.30. The molecule has 1 aromatic heterocycles. The summed E-state index contributed by atoms with van der Waals surface area (Å²) in [5.74, 6) is 0.645. The van der Waals surface area contributed by atoms with Crippen LogP contribution in [0.25, 0.3) is 11.5 Å². The number of ether oxygens (including phenoxy) is 1. The molecular formula is C21H23N3O3. The Morgan fingerprint density at radius 1 is 1.07 bits per heavy atom. The largest absolute Gasteiger partial charge is 0.439 e. The zero-order chi connectivity index (χ0) is 19.1. The summed E-state index contributed by atoms with van der Waals surface area (Å²) in [6, 6.07) is 17.8. The zero-order valence-electron chi connectivity index (χ0n) is 15.5.